The smallest absolute Gasteiger partial charge is 0.154 e. The van der Waals surface area contributed by atoms with E-state index < -0.39 is 6.10 Å². The van der Waals surface area contributed by atoms with Crippen molar-refractivity contribution < 1.29 is 9.52 Å². The van der Waals surface area contributed by atoms with Gasteiger partial charge in [0.15, 0.2) is 11.7 Å². The number of aryl methyl sites for hydroxylation is 2. The van der Waals surface area contributed by atoms with Gasteiger partial charge >= 0.3 is 0 Å². The molecule has 20 heavy (non-hydrogen) atoms. The minimum absolute atomic E-state index is 0.451. The summed E-state index contributed by atoms with van der Waals surface area (Å²) in [4.78, 5) is 4.30. The summed E-state index contributed by atoms with van der Waals surface area (Å²) in [6.07, 6.45) is 0.848. The molecule has 0 saturated carbocycles. The number of fused-ring (bicyclic) bond motifs is 1. The quantitative estimate of drug-likeness (QED) is 0.769. The second-order valence-electron chi connectivity index (χ2n) is 4.92. The maximum atomic E-state index is 10.5. The Labute approximate surface area is 121 Å². The van der Waals surface area contributed by atoms with Gasteiger partial charge in [0.25, 0.3) is 0 Å². The fraction of sp³-hybridized carbons (Fsp3) is 0.188. The monoisotopic (exact) mass is 287 g/mol. The number of halogens is 1. The van der Waals surface area contributed by atoms with Crippen LogP contribution in [0.4, 0.5) is 0 Å². The number of furan rings is 1. The third-order valence-corrected chi connectivity index (χ3v) is 3.60. The normalized spacial score (nSPS) is 12.8. The van der Waals surface area contributed by atoms with Gasteiger partial charge in [0.2, 0.25) is 0 Å². The summed E-state index contributed by atoms with van der Waals surface area (Å²) in [5, 5.41) is 11.9. The van der Waals surface area contributed by atoms with Gasteiger partial charge in [-0.3, -0.25) is 4.98 Å². The molecule has 102 valence electrons. The fourth-order valence-electron chi connectivity index (χ4n) is 2.33. The van der Waals surface area contributed by atoms with Crippen LogP contribution in [-0.2, 0) is 0 Å². The average Bonchev–Trinajstić information content (AvgIpc) is 2.83. The van der Waals surface area contributed by atoms with Crippen molar-refractivity contribution >= 4 is 22.6 Å². The van der Waals surface area contributed by atoms with E-state index in [1.165, 1.54) is 0 Å². The van der Waals surface area contributed by atoms with E-state index in [9.17, 15) is 5.11 Å². The summed E-state index contributed by atoms with van der Waals surface area (Å²) < 4.78 is 5.68. The summed E-state index contributed by atoms with van der Waals surface area (Å²) >= 11 is 6.08. The van der Waals surface area contributed by atoms with E-state index >= 15 is 0 Å². The number of hydrogen-bond donors (Lipinski definition) is 1. The second-order valence-corrected chi connectivity index (χ2v) is 5.33. The molecule has 2 aromatic heterocycles. The van der Waals surface area contributed by atoms with Crippen LogP contribution in [-0.4, -0.2) is 10.1 Å². The summed E-state index contributed by atoms with van der Waals surface area (Å²) in [6.45, 7) is 3.89. The molecule has 3 nitrogen and oxygen atoms in total. The molecule has 0 saturated heterocycles. The maximum Gasteiger partial charge on any atom is 0.154 e. The van der Waals surface area contributed by atoms with E-state index in [1.54, 1.807) is 18.3 Å². The topological polar surface area (TPSA) is 46.3 Å². The standard InChI is InChI=1S/C16H14ClNO2/c1-9-6-10(2)14(18-8-9)15(19)13-7-11-4-3-5-12(17)16(11)20-13/h3-8,15,19H,1-2H3. The molecule has 3 rings (SSSR count). The Hall–Kier alpha value is -1.84. The highest BCUT2D eigenvalue weighted by atomic mass is 35.5. The van der Waals surface area contributed by atoms with Gasteiger partial charge in [-0.15, -0.1) is 0 Å². The Kier molecular flexibility index (Phi) is 3.24. The number of rotatable bonds is 2. The zero-order valence-corrected chi connectivity index (χ0v) is 12.0. The molecule has 0 spiro atoms. The van der Waals surface area contributed by atoms with Crippen molar-refractivity contribution in [3.63, 3.8) is 0 Å². The Morgan fingerprint density at radius 2 is 2.05 bits per heavy atom. The first-order valence-electron chi connectivity index (χ1n) is 6.35. The molecule has 0 aliphatic heterocycles. The fourth-order valence-corrected chi connectivity index (χ4v) is 2.55. The SMILES string of the molecule is Cc1cnc(C(O)c2cc3cccc(Cl)c3o2)c(C)c1. The molecule has 3 aromatic rings. The van der Waals surface area contributed by atoms with Gasteiger partial charge in [-0.2, -0.15) is 0 Å². The molecule has 1 aromatic carbocycles. The molecule has 1 unspecified atom stereocenters. The van der Waals surface area contributed by atoms with Crippen molar-refractivity contribution in [2.24, 2.45) is 0 Å². The van der Waals surface area contributed by atoms with Gasteiger partial charge in [-0.25, -0.2) is 0 Å². The van der Waals surface area contributed by atoms with Crippen LogP contribution < -0.4 is 0 Å². The molecule has 1 atom stereocenters. The molecule has 2 heterocycles. The van der Waals surface area contributed by atoms with Crippen molar-refractivity contribution in [1.29, 1.82) is 0 Å². The zero-order valence-electron chi connectivity index (χ0n) is 11.2. The van der Waals surface area contributed by atoms with Gasteiger partial charge in [0, 0.05) is 11.6 Å². The van der Waals surface area contributed by atoms with Crippen LogP contribution in [0.5, 0.6) is 0 Å². The maximum absolute atomic E-state index is 10.5. The number of nitrogens with zero attached hydrogens (tertiary/aromatic N) is 1. The molecule has 0 aliphatic rings. The van der Waals surface area contributed by atoms with Crippen molar-refractivity contribution in [2.75, 3.05) is 0 Å². The van der Waals surface area contributed by atoms with Crippen molar-refractivity contribution in [2.45, 2.75) is 20.0 Å². The second kappa shape index (κ2) is 4.93. The highest BCUT2D eigenvalue weighted by Gasteiger charge is 2.19. The van der Waals surface area contributed by atoms with E-state index in [0.717, 1.165) is 16.5 Å². The van der Waals surface area contributed by atoms with Crippen LogP contribution in [0.2, 0.25) is 5.02 Å². The molecule has 0 aliphatic carbocycles. The van der Waals surface area contributed by atoms with Crippen molar-refractivity contribution in [3.8, 4) is 0 Å². The van der Waals surface area contributed by atoms with Gasteiger partial charge in [-0.05, 0) is 37.1 Å². The molecular weight excluding hydrogens is 274 g/mol. The van der Waals surface area contributed by atoms with Crippen LogP contribution in [0.3, 0.4) is 0 Å². The predicted octanol–water partition coefficient (Wildman–Crippen LogP) is 4.18. The Balaban J connectivity index is 2.08. The lowest BCUT2D eigenvalue weighted by Gasteiger charge is -2.10. The lowest BCUT2D eigenvalue weighted by Crippen LogP contribution is -2.04. The van der Waals surface area contributed by atoms with Gasteiger partial charge in [0.05, 0.1) is 10.7 Å². The predicted molar refractivity (Wildman–Crippen MR) is 79.0 cm³/mol. The molecule has 0 radical (unpaired) electrons. The molecule has 4 heteroatoms. The van der Waals surface area contributed by atoms with Crippen LogP contribution in [0.1, 0.15) is 28.7 Å². The highest BCUT2D eigenvalue weighted by molar-refractivity contribution is 6.34. The van der Waals surface area contributed by atoms with E-state index in [2.05, 4.69) is 4.98 Å². The van der Waals surface area contributed by atoms with Crippen molar-refractivity contribution in [3.05, 3.63) is 64.1 Å². The minimum atomic E-state index is -0.890. The Morgan fingerprint density at radius 3 is 2.75 bits per heavy atom. The molecule has 0 bridgehead atoms. The molecule has 0 fully saturated rings. The highest BCUT2D eigenvalue weighted by Crippen LogP contribution is 2.32. The first-order valence-corrected chi connectivity index (χ1v) is 6.73. The molecule has 1 N–H and O–H groups in total. The third-order valence-electron chi connectivity index (χ3n) is 3.30. The number of aliphatic hydroxyl groups excluding tert-OH is 1. The van der Waals surface area contributed by atoms with E-state index in [-0.39, 0.29) is 0 Å². The largest absolute Gasteiger partial charge is 0.456 e. The number of aromatic nitrogens is 1. The first kappa shape index (κ1) is 13.2. The van der Waals surface area contributed by atoms with Gasteiger partial charge in [0.1, 0.15) is 5.76 Å². The van der Waals surface area contributed by atoms with E-state index in [1.807, 2.05) is 32.0 Å². The van der Waals surface area contributed by atoms with Crippen LogP contribution in [0.15, 0.2) is 40.9 Å². The summed E-state index contributed by atoms with van der Waals surface area (Å²) in [5.74, 6) is 0.451. The molecule has 0 amide bonds. The number of aliphatic hydroxyl groups is 1. The first-order chi connectivity index (χ1) is 9.56. The lowest BCUT2D eigenvalue weighted by molar-refractivity contribution is 0.187. The van der Waals surface area contributed by atoms with Gasteiger partial charge < -0.3 is 9.52 Å². The number of hydrogen-bond acceptors (Lipinski definition) is 3. The summed E-state index contributed by atoms with van der Waals surface area (Å²) in [5.41, 5.74) is 3.19. The summed E-state index contributed by atoms with van der Waals surface area (Å²) in [7, 11) is 0. The van der Waals surface area contributed by atoms with Crippen LogP contribution in [0.25, 0.3) is 11.0 Å². The number of benzene rings is 1. The number of para-hydroxylation sites is 1. The summed E-state index contributed by atoms with van der Waals surface area (Å²) in [6, 6.07) is 9.30. The van der Waals surface area contributed by atoms with Gasteiger partial charge in [-0.1, -0.05) is 29.8 Å². The van der Waals surface area contributed by atoms with E-state index in [0.29, 0.717) is 22.1 Å². The minimum Gasteiger partial charge on any atom is -0.456 e. The molecular formula is C16H14ClNO2. The van der Waals surface area contributed by atoms with E-state index in [4.69, 9.17) is 16.0 Å². The average molecular weight is 288 g/mol. The van der Waals surface area contributed by atoms with Crippen LogP contribution >= 0.6 is 11.6 Å². The van der Waals surface area contributed by atoms with Crippen LogP contribution in [0, 0.1) is 13.8 Å². The zero-order chi connectivity index (χ0) is 14.3. The third kappa shape index (κ3) is 2.19. The Bertz CT molecular complexity index is 779. The lowest BCUT2D eigenvalue weighted by atomic mass is 10.1. The van der Waals surface area contributed by atoms with Crippen molar-refractivity contribution in [1.82, 2.24) is 4.98 Å². The number of pyridine rings is 1. The Morgan fingerprint density at radius 1 is 1.25 bits per heavy atom.